The number of fused-ring (bicyclic) bond motifs is 2. The zero-order valence-corrected chi connectivity index (χ0v) is 32.5. The average Bonchev–Trinajstić information content (AvgIpc) is 3.93. The molecule has 57 heavy (non-hydrogen) atoms. The third kappa shape index (κ3) is 7.38. The molecule has 0 aliphatic heterocycles. The van der Waals surface area contributed by atoms with Gasteiger partial charge in [0.15, 0.2) is 0 Å². The van der Waals surface area contributed by atoms with E-state index in [0.717, 1.165) is 97.9 Å². The first-order valence-electron chi connectivity index (χ1n) is 19.4. The van der Waals surface area contributed by atoms with Crippen molar-refractivity contribution in [2.24, 2.45) is 0 Å². The van der Waals surface area contributed by atoms with Gasteiger partial charge < -0.3 is 14.5 Å². The molecule has 2 heterocycles. The van der Waals surface area contributed by atoms with Crippen LogP contribution < -0.4 is 14.2 Å². The summed E-state index contributed by atoms with van der Waals surface area (Å²) in [5, 5.41) is 10.3. The summed E-state index contributed by atoms with van der Waals surface area (Å²) in [7, 11) is 0. The van der Waals surface area contributed by atoms with Crippen LogP contribution in [0.3, 0.4) is 0 Å². The lowest BCUT2D eigenvalue weighted by Crippen LogP contribution is -2.09. The number of benzene rings is 7. The predicted octanol–water partition coefficient (Wildman–Crippen LogP) is 12.4. The molecule has 0 radical (unpaired) electrons. The molecule has 9 heteroatoms. The highest BCUT2D eigenvalue weighted by Gasteiger charge is 2.23. The summed E-state index contributed by atoms with van der Waals surface area (Å²) < 4.78 is 15.8. The fraction of sp³-hybridized carbons (Fsp3) is 0.125. The van der Waals surface area contributed by atoms with Crippen LogP contribution in [0.5, 0.6) is 0 Å². The van der Waals surface area contributed by atoms with E-state index in [2.05, 4.69) is 162 Å². The van der Waals surface area contributed by atoms with Crippen LogP contribution in [0, 0.1) is 0 Å². The Balaban J connectivity index is 1.15. The van der Waals surface area contributed by atoms with E-state index in [0.29, 0.717) is 13.2 Å². The normalized spacial score (nSPS) is 11.3. The molecule has 0 bridgehead atoms. The van der Waals surface area contributed by atoms with E-state index in [9.17, 15) is 0 Å². The van der Waals surface area contributed by atoms with Gasteiger partial charge in [0.25, 0.3) is 11.7 Å². The van der Waals surface area contributed by atoms with Crippen molar-refractivity contribution in [2.75, 3.05) is 23.0 Å². The Morgan fingerprint density at radius 1 is 0.509 bits per heavy atom. The largest absolute Gasteiger partial charge is 0.379 e. The Morgan fingerprint density at radius 2 is 0.930 bits per heavy atom. The Hall–Kier alpha value is -6.68. The van der Waals surface area contributed by atoms with Gasteiger partial charge in [-0.3, -0.25) is 0 Å². The van der Waals surface area contributed by atoms with Crippen LogP contribution in [0.2, 0.25) is 0 Å². The van der Waals surface area contributed by atoms with Gasteiger partial charge in [0.2, 0.25) is 0 Å². The number of nitrogens with zero attached hydrogens (tertiary/aromatic N) is 7. The number of hydrogen-bond acceptors (Lipinski definition) is 6. The molecule has 0 amide bonds. The molecule has 8 nitrogen and oxygen atoms in total. The van der Waals surface area contributed by atoms with Gasteiger partial charge in [0, 0.05) is 62.9 Å². The van der Waals surface area contributed by atoms with Crippen LogP contribution in [0.15, 0.2) is 170 Å². The molecular formula is C48H41N7OS. The molecule has 2 aromatic heterocycles. The van der Waals surface area contributed by atoms with E-state index < -0.39 is 0 Å². The highest BCUT2D eigenvalue weighted by atomic mass is 32.1. The Morgan fingerprint density at radius 3 is 1.39 bits per heavy atom. The minimum Gasteiger partial charge on any atom is -0.379 e. The van der Waals surface area contributed by atoms with Crippen molar-refractivity contribution in [1.82, 2.24) is 23.7 Å². The maximum atomic E-state index is 5.95. The molecule has 7 aromatic carbocycles. The monoisotopic (exact) mass is 763 g/mol. The molecule has 280 valence electrons. The van der Waals surface area contributed by atoms with Crippen molar-refractivity contribution in [1.29, 1.82) is 0 Å². The van der Waals surface area contributed by atoms with Crippen molar-refractivity contribution in [3.8, 4) is 22.3 Å². The molecule has 0 aliphatic rings. The number of hydrogen-bond donors (Lipinski definition) is 0. The Bertz CT molecular complexity index is 2430. The van der Waals surface area contributed by atoms with Crippen molar-refractivity contribution < 1.29 is 4.74 Å². The summed E-state index contributed by atoms with van der Waals surface area (Å²) in [6.07, 6.45) is 2.12. The minimum atomic E-state index is 0.531. The number of para-hydroxylation sites is 4. The molecule has 9 rings (SSSR count). The first-order chi connectivity index (χ1) is 28.3. The standard InChI is InChI=1S/C48H41N7OS/c1-2-3-33-56-34-32-53-49-45-43(35-24-28-41(29-25-35)54(37-16-8-4-9-17-37)38-18-10-5-11-19-38)47-48(52-57-51-47)44(46(45)50-53)36-26-30-42(31-27-36)55(39-20-12-6-13-21-39)40-22-14-7-15-23-40/h4-31H,2-3,32-34H2,1H3. The van der Waals surface area contributed by atoms with Crippen LogP contribution >= 0.6 is 11.7 Å². The SMILES string of the molecule is CCCCOCCn1nc2c(-c3ccc(N(c4ccccc4)c4ccccc4)cc3)c3n[s+][n-]c3c(-c3ccc(N(c4ccccc4)c4ccccc4)cc3)c2n1. The van der Waals surface area contributed by atoms with E-state index in [4.69, 9.17) is 23.7 Å². The summed E-state index contributed by atoms with van der Waals surface area (Å²) in [6.45, 7) is 3.96. The van der Waals surface area contributed by atoms with E-state index in [1.165, 1.54) is 11.7 Å². The van der Waals surface area contributed by atoms with Crippen LogP contribution in [0.1, 0.15) is 19.8 Å². The summed E-state index contributed by atoms with van der Waals surface area (Å²) in [5.74, 6) is 0. The van der Waals surface area contributed by atoms with Crippen LogP contribution in [0.4, 0.5) is 34.1 Å². The van der Waals surface area contributed by atoms with E-state index in [1.54, 1.807) is 4.80 Å². The maximum Gasteiger partial charge on any atom is 0.279 e. The molecule has 0 saturated heterocycles. The quantitative estimate of drug-likeness (QED) is 0.0806. The van der Waals surface area contributed by atoms with Crippen molar-refractivity contribution >= 4 is 67.9 Å². The Labute approximate surface area is 336 Å². The number of anilines is 6. The van der Waals surface area contributed by atoms with Gasteiger partial charge in [0.05, 0.1) is 13.2 Å². The summed E-state index contributed by atoms with van der Waals surface area (Å²) in [5.41, 5.74) is 13.5. The van der Waals surface area contributed by atoms with Crippen molar-refractivity contribution in [3.05, 3.63) is 170 Å². The zero-order valence-electron chi connectivity index (χ0n) is 31.6. The van der Waals surface area contributed by atoms with Gasteiger partial charge in [-0.2, -0.15) is 23.7 Å². The lowest BCUT2D eigenvalue weighted by atomic mass is 9.95. The van der Waals surface area contributed by atoms with Gasteiger partial charge in [-0.25, -0.2) is 0 Å². The topological polar surface area (TPSA) is 73.4 Å². The molecule has 0 spiro atoms. The molecule has 0 atom stereocenters. The van der Waals surface area contributed by atoms with Gasteiger partial charge in [-0.05, 0) is 90.3 Å². The summed E-state index contributed by atoms with van der Waals surface area (Å²) >= 11 is 1.22. The molecule has 0 saturated carbocycles. The van der Waals surface area contributed by atoms with Gasteiger partial charge >= 0.3 is 0 Å². The predicted molar refractivity (Wildman–Crippen MR) is 234 cm³/mol. The van der Waals surface area contributed by atoms with E-state index >= 15 is 0 Å². The molecule has 9 aromatic rings. The first kappa shape index (κ1) is 36.0. The number of ether oxygens (including phenoxy) is 1. The number of rotatable bonds is 14. The lowest BCUT2D eigenvalue weighted by molar-refractivity contribution is 0.118. The number of aromatic nitrogens is 5. The second kappa shape index (κ2) is 16.6. The second-order valence-electron chi connectivity index (χ2n) is 13.8. The highest BCUT2D eigenvalue weighted by molar-refractivity contribution is 7.00. The third-order valence-electron chi connectivity index (χ3n) is 10.1. The van der Waals surface area contributed by atoms with Gasteiger partial charge in [-0.15, -0.1) is 0 Å². The smallest absolute Gasteiger partial charge is 0.279 e. The third-order valence-corrected chi connectivity index (χ3v) is 10.6. The van der Waals surface area contributed by atoms with Crippen LogP contribution in [-0.4, -0.2) is 32.6 Å². The molecule has 0 fully saturated rings. The zero-order chi connectivity index (χ0) is 38.4. The molecular weight excluding hydrogens is 723 g/mol. The van der Waals surface area contributed by atoms with Crippen LogP contribution in [0.25, 0.3) is 44.3 Å². The van der Waals surface area contributed by atoms with Gasteiger partial charge in [0.1, 0.15) is 11.0 Å². The van der Waals surface area contributed by atoms with Crippen molar-refractivity contribution in [2.45, 2.75) is 26.3 Å². The molecule has 0 unspecified atom stereocenters. The van der Waals surface area contributed by atoms with E-state index in [1.807, 2.05) is 24.3 Å². The summed E-state index contributed by atoms with van der Waals surface area (Å²) in [6, 6.07) is 59.0. The lowest BCUT2D eigenvalue weighted by Gasteiger charge is -2.25. The second-order valence-corrected chi connectivity index (χ2v) is 14.3. The fourth-order valence-electron chi connectivity index (χ4n) is 7.32. The van der Waals surface area contributed by atoms with E-state index in [-0.39, 0.29) is 0 Å². The minimum absolute atomic E-state index is 0.531. The molecule has 0 N–H and O–H groups in total. The van der Waals surface area contributed by atoms with Crippen molar-refractivity contribution in [3.63, 3.8) is 0 Å². The average molecular weight is 764 g/mol. The summed E-state index contributed by atoms with van der Waals surface area (Å²) in [4.78, 5) is 6.29. The number of unbranched alkanes of at least 4 members (excludes halogenated alkanes) is 1. The van der Waals surface area contributed by atoms with Crippen LogP contribution in [-0.2, 0) is 11.3 Å². The highest BCUT2D eigenvalue weighted by Crippen LogP contribution is 2.43. The molecule has 0 aliphatic carbocycles. The van der Waals surface area contributed by atoms with Gasteiger partial charge in [-0.1, -0.05) is 110 Å². The Kier molecular flexibility index (Phi) is 10.5. The first-order valence-corrected chi connectivity index (χ1v) is 20.1. The maximum absolute atomic E-state index is 5.95. The fourth-order valence-corrected chi connectivity index (χ4v) is 7.88.